The summed E-state index contributed by atoms with van der Waals surface area (Å²) >= 11 is 0. The van der Waals surface area contributed by atoms with E-state index in [9.17, 15) is 43.5 Å². The molecule has 1 aromatic carbocycles. The lowest BCUT2D eigenvalue weighted by Gasteiger charge is -2.34. The Morgan fingerprint density at radius 2 is 1.40 bits per heavy atom. The third-order valence-corrected chi connectivity index (χ3v) is 15.4. The average molecular weight is 1160 g/mol. The Bertz CT molecular complexity index is 2960. The molecule has 19 N–H and O–H groups in total. The number of aromatic nitrogens is 3. The van der Waals surface area contributed by atoms with Gasteiger partial charge in [-0.1, -0.05) is 66.5 Å². The maximum absolute atomic E-state index is 15.1. The third kappa shape index (κ3) is 16.7. The van der Waals surface area contributed by atoms with Gasteiger partial charge in [-0.05, 0) is 61.5 Å². The van der Waals surface area contributed by atoms with E-state index in [0.29, 0.717) is 40.7 Å². The zero-order valence-corrected chi connectivity index (χ0v) is 47.6. The molecule has 1 saturated heterocycles. The molecule has 11 atom stereocenters. The molecule has 4 aliphatic rings. The first-order valence-electron chi connectivity index (χ1n) is 28.1. The highest BCUT2D eigenvalue weighted by Gasteiger charge is 2.41. The molecule has 1 fully saturated rings. The van der Waals surface area contributed by atoms with Gasteiger partial charge < -0.3 is 80.9 Å². The highest BCUT2D eigenvalue weighted by atomic mass is 16.4. The van der Waals surface area contributed by atoms with Crippen LogP contribution in [0.25, 0.3) is 16.7 Å². The number of aliphatic carboxylic acids is 1. The van der Waals surface area contributed by atoms with Crippen LogP contribution in [-0.2, 0) is 60.8 Å². The minimum Gasteiger partial charge on any atom is -0.480 e. The van der Waals surface area contributed by atoms with Gasteiger partial charge in [0.15, 0.2) is 11.9 Å². The summed E-state index contributed by atoms with van der Waals surface area (Å²) in [6.45, 7) is 10.3. The number of carboxylic acid groups (broad SMARTS) is 1. The number of carboxylic acids is 1. The lowest BCUT2D eigenvalue weighted by atomic mass is 9.81. The number of rotatable bonds is 18. The van der Waals surface area contributed by atoms with E-state index in [-0.39, 0.29) is 93.9 Å². The van der Waals surface area contributed by atoms with Crippen molar-refractivity contribution in [3.8, 4) is 5.82 Å². The lowest BCUT2D eigenvalue weighted by Crippen LogP contribution is -2.62. The number of guanidine groups is 2. The Balaban J connectivity index is 1.56. The van der Waals surface area contributed by atoms with E-state index in [1.165, 1.54) is 6.33 Å². The molecule has 7 bridgehead atoms. The number of aliphatic imine (C=N–C) groups is 2. The predicted molar refractivity (Wildman–Crippen MR) is 304 cm³/mol. The van der Waals surface area contributed by atoms with Gasteiger partial charge in [-0.25, -0.2) is 9.78 Å². The van der Waals surface area contributed by atoms with Crippen molar-refractivity contribution >= 4 is 82.0 Å². The van der Waals surface area contributed by atoms with E-state index in [0.717, 1.165) is 0 Å². The van der Waals surface area contributed by atoms with Crippen LogP contribution in [0.3, 0.4) is 0 Å². The molecule has 7 rings (SSSR count). The maximum atomic E-state index is 15.1. The Labute approximate surface area is 479 Å². The van der Waals surface area contributed by atoms with Crippen LogP contribution >= 0.6 is 0 Å². The summed E-state index contributed by atoms with van der Waals surface area (Å²) in [6, 6.07) is -5.23. The number of nitrogens with zero attached hydrogens (tertiary/aromatic N) is 4. The highest BCUT2D eigenvalue weighted by Crippen LogP contribution is 2.35. The normalized spacial score (nSPS) is 23.9. The monoisotopic (exact) mass is 1160 g/mol. The molecule has 4 aliphatic heterocycles. The molecule has 0 saturated carbocycles. The van der Waals surface area contributed by atoms with E-state index in [1.807, 2.05) is 27.7 Å². The molecule has 9 amide bonds. The fraction of sp³-hybridized carbons (Fsp3) is 0.574. The van der Waals surface area contributed by atoms with E-state index >= 15 is 9.59 Å². The number of nitrogens with one attached hydrogen (secondary N) is 10. The van der Waals surface area contributed by atoms with Crippen molar-refractivity contribution in [2.75, 3.05) is 19.6 Å². The van der Waals surface area contributed by atoms with Gasteiger partial charge in [-0.15, -0.1) is 0 Å². The Hall–Kier alpha value is -8.79. The van der Waals surface area contributed by atoms with Gasteiger partial charge in [-0.3, -0.25) is 57.7 Å². The summed E-state index contributed by atoms with van der Waals surface area (Å²) in [6.07, 6.45) is 3.61. The summed E-state index contributed by atoms with van der Waals surface area (Å²) < 4.78 is 1.57. The Morgan fingerprint density at radius 1 is 0.759 bits per heavy atom. The second kappa shape index (κ2) is 28.8. The smallest absolute Gasteiger partial charge is 0.326 e. The van der Waals surface area contributed by atoms with Crippen molar-refractivity contribution in [1.82, 2.24) is 62.4 Å². The highest BCUT2D eigenvalue weighted by molar-refractivity contribution is 6.00. The van der Waals surface area contributed by atoms with Crippen LogP contribution < -0.4 is 70.8 Å². The van der Waals surface area contributed by atoms with Gasteiger partial charge in [0, 0.05) is 60.9 Å². The zero-order valence-electron chi connectivity index (χ0n) is 47.6. The predicted octanol–water partition coefficient (Wildman–Crippen LogP) is -2.72. The average Bonchev–Trinajstić information content (AvgIpc) is 4.19. The lowest BCUT2D eigenvalue weighted by molar-refractivity contribution is -0.142. The number of H-pyrrole nitrogens is 1. The zero-order chi connectivity index (χ0) is 60.8. The number of hydrogen-bond acceptors (Lipinski definition) is 13. The summed E-state index contributed by atoms with van der Waals surface area (Å²) in [5.74, 6) is -10.2. The van der Waals surface area contributed by atoms with Gasteiger partial charge in [0.05, 0.1) is 12.2 Å². The number of carbonyl (C=O) groups is 10. The van der Waals surface area contributed by atoms with Crippen molar-refractivity contribution in [1.29, 1.82) is 0 Å². The molecule has 0 aliphatic carbocycles. The molecule has 0 radical (unpaired) electrons. The summed E-state index contributed by atoms with van der Waals surface area (Å²) in [5, 5.41) is 35.2. The molecule has 2 aromatic heterocycles. The number of amides is 9. The fourth-order valence-electron chi connectivity index (χ4n) is 10.4. The van der Waals surface area contributed by atoms with Crippen molar-refractivity contribution in [3.05, 3.63) is 47.5 Å². The molecular weight excluding hydrogens is 1080 g/mol. The minimum atomic E-state index is -1.49. The van der Waals surface area contributed by atoms with Crippen molar-refractivity contribution < 1.29 is 53.1 Å². The van der Waals surface area contributed by atoms with Gasteiger partial charge in [0.2, 0.25) is 53.2 Å². The molecule has 452 valence electrons. The van der Waals surface area contributed by atoms with Gasteiger partial charge in [-0.2, -0.15) is 0 Å². The number of imidazole rings is 1. The van der Waals surface area contributed by atoms with Crippen LogP contribution in [0.1, 0.15) is 116 Å². The number of carbonyl (C=O) groups excluding carboxylic acids is 9. The van der Waals surface area contributed by atoms with Crippen LogP contribution in [0.4, 0.5) is 0 Å². The van der Waals surface area contributed by atoms with Gasteiger partial charge >= 0.3 is 5.97 Å². The standard InChI is InChI=1S/C54H80N18O11/c1-7-26(5)41-49(79)68-37-21-31-30-14-13-28(40(25(3)4)43(71-46(76)33-15-16-38(73)63-33)51(81)70-42(27(6)8-2)50(80)69-41)19-35(30)65-44(31)72-23-29(62-24-72)20-36(47(77)67-34(52(82)83)12-10-18-60-54(57)58)64-39(74)22-61-45(75)32(66-48(37)78)11-9-17-59-53(55)56/h13-14,19,23-27,32-34,36-37,40-43,65H,7-12,15-18,20-22H2,1-6H3,(H,61,75)(H,63,73)(H,64,74)(H,66,78)(H,67,77)(H,68,79)(H,69,80)(H,70,81)(H,71,76)(H,82,83)(H4,55,56,59)(H4,57,58,60)/t26-,27-,32+,33-,34-,36-,37+,40+,41+,42+,43+/m0/s1. The van der Waals surface area contributed by atoms with Crippen molar-refractivity contribution in [2.45, 2.75) is 160 Å². The topological polar surface area (TPSA) is 462 Å². The first-order chi connectivity index (χ1) is 39.4. The van der Waals surface area contributed by atoms with Crippen LogP contribution in [-0.4, -0.2) is 159 Å². The van der Waals surface area contributed by atoms with E-state index in [2.05, 4.69) is 67.8 Å². The van der Waals surface area contributed by atoms with Crippen LogP contribution in [0.5, 0.6) is 0 Å². The molecular formula is C54H80N18O11. The van der Waals surface area contributed by atoms with E-state index < -0.39 is 126 Å². The van der Waals surface area contributed by atoms with Crippen molar-refractivity contribution in [2.24, 2.45) is 50.7 Å². The maximum Gasteiger partial charge on any atom is 0.326 e. The Morgan fingerprint density at radius 3 is 2.01 bits per heavy atom. The first kappa shape index (κ1) is 63.4. The summed E-state index contributed by atoms with van der Waals surface area (Å²) in [5.41, 5.74) is 23.7. The van der Waals surface area contributed by atoms with E-state index in [4.69, 9.17) is 22.9 Å². The SMILES string of the molecule is CC[C@H](C)[C@H]1NC(=O)[C@@H]([C@@H](C)CC)NC(=O)[C@H](NC(=O)[C@@H]2CCC(=O)N2)[C@H](C(C)C)c2ccc3c4c([nH]c3c2)-n2cnc(c2)C[C@@H](C(=O)N[C@@H](CCCN=C(N)N)C(=O)O)NC(=O)CNC(=O)[C@@H](CCCN=C(N)N)NC(=O)[C@@H](C4)NC1=O. The van der Waals surface area contributed by atoms with E-state index in [1.54, 1.807) is 42.8 Å². The largest absolute Gasteiger partial charge is 0.480 e. The quantitative estimate of drug-likeness (QED) is 0.0266. The first-order valence-corrected chi connectivity index (χ1v) is 28.1. The van der Waals surface area contributed by atoms with Crippen LogP contribution in [0, 0.1) is 17.8 Å². The third-order valence-electron chi connectivity index (χ3n) is 15.4. The van der Waals surface area contributed by atoms with Gasteiger partial charge in [0.25, 0.3) is 0 Å². The Kier molecular flexibility index (Phi) is 22.0. The number of aromatic amines is 1. The molecule has 29 nitrogen and oxygen atoms in total. The number of fused-ring (bicyclic) bond motifs is 13. The number of nitrogens with two attached hydrogens (primary N) is 4. The molecule has 0 spiro atoms. The molecule has 3 aromatic rings. The second-order valence-corrected chi connectivity index (χ2v) is 21.9. The molecule has 83 heavy (non-hydrogen) atoms. The molecule has 6 heterocycles. The van der Waals surface area contributed by atoms with Crippen LogP contribution in [0.15, 0.2) is 40.7 Å². The number of hydrogen-bond donors (Lipinski definition) is 15. The molecule has 29 heteroatoms. The molecule has 0 unspecified atom stereocenters. The summed E-state index contributed by atoms with van der Waals surface area (Å²) in [4.78, 5) is 157. The van der Waals surface area contributed by atoms with Crippen LogP contribution in [0.2, 0.25) is 0 Å². The van der Waals surface area contributed by atoms with Crippen molar-refractivity contribution in [3.63, 3.8) is 0 Å². The van der Waals surface area contributed by atoms with Gasteiger partial charge in [0.1, 0.15) is 60.5 Å². The summed E-state index contributed by atoms with van der Waals surface area (Å²) in [7, 11) is 0. The fourth-order valence-corrected chi connectivity index (χ4v) is 10.4. The second-order valence-electron chi connectivity index (χ2n) is 21.9. The number of benzene rings is 1. The minimum absolute atomic E-state index is 0.0381.